The van der Waals surface area contributed by atoms with E-state index in [9.17, 15) is 18.0 Å². The van der Waals surface area contributed by atoms with E-state index in [-0.39, 0.29) is 13.1 Å². The molecule has 0 radical (unpaired) electrons. The van der Waals surface area contributed by atoms with Gasteiger partial charge in [-0.05, 0) is 13.8 Å². The molecule has 130 valence electrons. The first-order valence-electron chi connectivity index (χ1n) is 7.18. The van der Waals surface area contributed by atoms with Crippen molar-refractivity contribution >= 4 is 11.7 Å². The summed E-state index contributed by atoms with van der Waals surface area (Å²) in [5.41, 5.74) is 0. The molecule has 0 bridgehead atoms. The molecule has 1 amide bonds. The number of aromatic nitrogens is 4. The molecule has 10 heteroatoms. The zero-order valence-electron chi connectivity index (χ0n) is 13.2. The van der Waals surface area contributed by atoms with Crippen molar-refractivity contribution in [3.63, 3.8) is 0 Å². The third-order valence-corrected chi connectivity index (χ3v) is 3.01. The number of hydrogen-bond donors (Lipinski definition) is 2. The lowest BCUT2D eigenvalue weighted by Crippen LogP contribution is -2.32. The van der Waals surface area contributed by atoms with Crippen LogP contribution in [0, 0.1) is 13.8 Å². The van der Waals surface area contributed by atoms with Crippen LogP contribution in [0.5, 0.6) is 0 Å². The normalized spacial score (nSPS) is 11.4. The van der Waals surface area contributed by atoms with Crippen molar-refractivity contribution in [3.05, 3.63) is 30.1 Å². The summed E-state index contributed by atoms with van der Waals surface area (Å²) >= 11 is 0. The molecular weight excluding hydrogens is 325 g/mol. The Morgan fingerprint density at radius 1 is 1.25 bits per heavy atom. The van der Waals surface area contributed by atoms with Gasteiger partial charge in [-0.3, -0.25) is 9.36 Å². The molecule has 0 fully saturated rings. The Morgan fingerprint density at radius 3 is 2.62 bits per heavy atom. The molecule has 0 atom stereocenters. The summed E-state index contributed by atoms with van der Waals surface area (Å²) in [6.07, 6.45) is -2.57. The number of aryl methyl sites for hydroxylation is 2. The van der Waals surface area contributed by atoms with Gasteiger partial charge in [0.2, 0.25) is 5.91 Å². The number of carbonyl (C=O) groups excluding carboxylic acids is 1. The highest BCUT2D eigenvalue weighted by atomic mass is 19.4. The summed E-state index contributed by atoms with van der Waals surface area (Å²) in [4.78, 5) is 23.7. The predicted molar refractivity (Wildman–Crippen MR) is 80.8 cm³/mol. The van der Waals surface area contributed by atoms with Crippen molar-refractivity contribution in [2.45, 2.75) is 26.4 Å². The smallest absolute Gasteiger partial charge is 0.368 e. The predicted octanol–water partition coefficient (Wildman–Crippen LogP) is 1.76. The van der Waals surface area contributed by atoms with Gasteiger partial charge in [0.1, 0.15) is 29.7 Å². The standard InChI is InChI=1S/C14H17F3N6O/c1-9-21-11(7-12(22-9)23-6-5-18-10(23)2)19-3-4-20-13(24)8-14(15,16)17/h5-7H,3-4,8H2,1-2H3,(H,20,24)(H,19,21,22). The first-order chi connectivity index (χ1) is 11.2. The van der Waals surface area contributed by atoms with Crippen molar-refractivity contribution in [3.8, 4) is 5.82 Å². The van der Waals surface area contributed by atoms with Crippen LogP contribution in [-0.2, 0) is 4.79 Å². The number of hydrogen-bond acceptors (Lipinski definition) is 5. The first-order valence-corrected chi connectivity index (χ1v) is 7.18. The summed E-state index contributed by atoms with van der Waals surface area (Å²) in [7, 11) is 0. The number of rotatable bonds is 6. The van der Waals surface area contributed by atoms with Gasteiger partial charge < -0.3 is 10.6 Å². The highest BCUT2D eigenvalue weighted by Crippen LogP contribution is 2.18. The topological polar surface area (TPSA) is 84.7 Å². The van der Waals surface area contributed by atoms with Gasteiger partial charge >= 0.3 is 6.18 Å². The molecule has 2 heterocycles. The molecule has 0 aromatic carbocycles. The molecule has 2 aromatic heterocycles. The van der Waals surface area contributed by atoms with Gasteiger partial charge in [-0.2, -0.15) is 13.2 Å². The van der Waals surface area contributed by atoms with Crippen molar-refractivity contribution in [2.24, 2.45) is 0 Å². The molecule has 0 aliphatic heterocycles. The second-order valence-electron chi connectivity index (χ2n) is 5.07. The van der Waals surface area contributed by atoms with Crippen LogP contribution in [0.3, 0.4) is 0 Å². The molecule has 7 nitrogen and oxygen atoms in total. The molecule has 0 saturated heterocycles. The first kappa shape index (κ1) is 17.7. The maximum Gasteiger partial charge on any atom is 0.397 e. The van der Waals surface area contributed by atoms with Crippen molar-refractivity contribution in [2.75, 3.05) is 18.4 Å². The van der Waals surface area contributed by atoms with Gasteiger partial charge in [-0.15, -0.1) is 0 Å². The van der Waals surface area contributed by atoms with Crippen molar-refractivity contribution in [1.29, 1.82) is 0 Å². The molecule has 24 heavy (non-hydrogen) atoms. The maximum atomic E-state index is 12.0. The third kappa shape index (κ3) is 5.21. The molecule has 0 unspecified atom stereocenters. The minimum Gasteiger partial charge on any atom is -0.368 e. The number of anilines is 1. The molecule has 2 rings (SSSR count). The number of alkyl halides is 3. The van der Waals surface area contributed by atoms with Crippen molar-refractivity contribution < 1.29 is 18.0 Å². The number of amides is 1. The van der Waals surface area contributed by atoms with E-state index >= 15 is 0 Å². The van der Waals surface area contributed by atoms with E-state index in [0.29, 0.717) is 17.5 Å². The average molecular weight is 342 g/mol. The Hall–Kier alpha value is -2.65. The van der Waals surface area contributed by atoms with E-state index in [1.54, 1.807) is 30.0 Å². The van der Waals surface area contributed by atoms with E-state index in [4.69, 9.17) is 0 Å². The van der Waals surface area contributed by atoms with Gasteiger partial charge in [0.05, 0.1) is 0 Å². The Labute approximate surface area is 136 Å². The van der Waals surface area contributed by atoms with E-state index in [2.05, 4.69) is 25.6 Å². The quantitative estimate of drug-likeness (QED) is 0.782. The van der Waals surface area contributed by atoms with Gasteiger partial charge in [0.25, 0.3) is 0 Å². The lowest BCUT2D eigenvalue weighted by Gasteiger charge is -2.11. The molecule has 0 aliphatic carbocycles. The van der Waals surface area contributed by atoms with Crippen LogP contribution in [0.4, 0.5) is 19.0 Å². The minimum atomic E-state index is -4.50. The highest BCUT2D eigenvalue weighted by Gasteiger charge is 2.30. The average Bonchev–Trinajstić information content (AvgIpc) is 2.87. The number of carbonyl (C=O) groups is 1. The second kappa shape index (κ2) is 7.28. The SMILES string of the molecule is Cc1nc(NCCNC(=O)CC(F)(F)F)cc(-n2ccnc2C)n1. The second-order valence-corrected chi connectivity index (χ2v) is 5.07. The van der Waals surface area contributed by atoms with Crippen LogP contribution in [0.25, 0.3) is 5.82 Å². The summed E-state index contributed by atoms with van der Waals surface area (Å²) < 4.78 is 37.9. The Balaban J connectivity index is 1.91. The van der Waals surface area contributed by atoms with E-state index < -0.39 is 18.5 Å². The lowest BCUT2D eigenvalue weighted by atomic mass is 10.4. The van der Waals surface area contributed by atoms with Gasteiger partial charge in [0, 0.05) is 31.5 Å². The fraction of sp³-hybridized carbons (Fsp3) is 0.429. The molecule has 0 spiro atoms. The zero-order chi connectivity index (χ0) is 17.7. The molecule has 0 aliphatic rings. The summed E-state index contributed by atoms with van der Waals surface area (Å²) in [5, 5.41) is 5.14. The summed E-state index contributed by atoms with van der Waals surface area (Å²) in [5.74, 6) is 1.37. The van der Waals surface area contributed by atoms with E-state index in [1.165, 1.54) is 0 Å². The van der Waals surface area contributed by atoms with Crippen LogP contribution in [0.2, 0.25) is 0 Å². The number of halogens is 3. The van der Waals surface area contributed by atoms with E-state index in [1.807, 2.05) is 6.92 Å². The van der Waals surface area contributed by atoms with E-state index in [0.717, 1.165) is 5.82 Å². The van der Waals surface area contributed by atoms with Crippen molar-refractivity contribution in [1.82, 2.24) is 24.8 Å². The highest BCUT2D eigenvalue weighted by molar-refractivity contribution is 5.76. The monoisotopic (exact) mass is 342 g/mol. The fourth-order valence-electron chi connectivity index (χ4n) is 2.02. The van der Waals surface area contributed by atoms with Gasteiger partial charge in [0.15, 0.2) is 0 Å². The Kier molecular flexibility index (Phi) is 5.37. The summed E-state index contributed by atoms with van der Waals surface area (Å²) in [6.45, 7) is 3.85. The number of imidazole rings is 1. The van der Waals surface area contributed by atoms with Crippen LogP contribution in [-0.4, -0.2) is 44.7 Å². The number of nitrogens with one attached hydrogen (secondary N) is 2. The summed E-state index contributed by atoms with van der Waals surface area (Å²) in [6, 6.07) is 1.69. The molecule has 2 aromatic rings. The van der Waals surface area contributed by atoms with Crippen LogP contribution < -0.4 is 10.6 Å². The fourth-order valence-corrected chi connectivity index (χ4v) is 2.02. The van der Waals surface area contributed by atoms with Crippen LogP contribution in [0.1, 0.15) is 18.1 Å². The molecule has 2 N–H and O–H groups in total. The van der Waals surface area contributed by atoms with Crippen LogP contribution >= 0.6 is 0 Å². The van der Waals surface area contributed by atoms with Crippen LogP contribution in [0.15, 0.2) is 18.5 Å². The lowest BCUT2D eigenvalue weighted by molar-refractivity contribution is -0.153. The van der Waals surface area contributed by atoms with Gasteiger partial charge in [-0.1, -0.05) is 0 Å². The third-order valence-electron chi connectivity index (χ3n) is 3.01. The minimum absolute atomic E-state index is 0.0530. The van der Waals surface area contributed by atoms with Gasteiger partial charge in [-0.25, -0.2) is 15.0 Å². The largest absolute Gasteiger partial charge is 0.397 e. The Bertz CT molecular complexity index is 713. The molecular formula is C14H17F3N6O. The molecule has 0 saturated carbocycles. The zero-order valence-corrected chi connectivity index (χ0v) is 13.2. The Morgan fingerprint density at radius 2 is 2.00 bits per heavy atom. The number of nitrogens with zero attached hydrogens (tertiary/aromatic N) is 4. The maximum absolute atomic E-state index is 12.0.